The van der Waals surface area contributed by atoms with Crippen LogP contribution in [0.25, 0.3) is 0 Å². The minimum Gasteiger partial charge on any atom is -0.462 e. The van der Waals surface area contributed by atoms with E-state index in [0.29, 0.717) is 19.3 Å². The number of hydrogen-bond acceptors (Lipinski definition) is 6. The fraction of sp³-hybridized carbons (Fsp3) is 0.899. The van der Waals surface area contributed by atoms with Crippen LogP contribution >= 0.6 is 0 Å². The quantitative estimate of drug-likeness (QED) is 0.0261. The molecule has 0 amide bonds. The lowest BCUT2D eigenvalue weighted by atomic mass is 10.0. The van der Waals surface area contributed by atoms with Crippen LogP contribution in [0.5, 0.6) is 0 Å². The number of rotatable bonds is 63. The van der Waals surface area contributed by atoms with E-state index in [1.807, 2.05) is 0 Å². The summed E-state index contributed by atoms with van der Waals surface area (Å²) in [5.41, 5.74) is 0. The van der Waals surface area contributed by atoms with E-state index in [1.165, 1.54) is 276 Å². The van der Waals surface area contributed by atoms with Gasteiger partial charge in [0.1, 0.15) is 13.2 Å². The Labute approximate surface area is 468 Å². The second-order valence-electron chi connectivity index (χ2n) is 23.1. The Balaban J connectivity index is 4.25. The van der Waals surface area contributed by atoms with Crippen LogP contribution in [-0.4, -0.2) is 37.2 Å². The Morgan fingerprint density at radius 2 is 0.480 bits per heavy atom. The lowest BCUT2D eigenvalue weighted by Crippen LogP contribution is -2.30. The molecule has 6 heteroatoms. The van der Waals surface area contributed by atoms with Gasteiger partial charge in [0.05, 0.1) is 0 Å². The van der Waals surface area contributed by atoms with Crippen LogP contribution in [0.15, 0.2) is 24.3 Å². The third-order valence-corrected chi connectivity index (χ3v) is 15.5. The van der Waals surface area contributed by atoms with Crippen LogP contribution in [-0.2, 0) is 28.6 Å². The Hall–Kier alpha value is -2.11. The van der Waals surface area contributed by atoms with Crippen molar-refractivity contribution in [3.05, 3.63) is 24.3 Å². The summed E-state index contributed by atoms with van der Waals surface area (Å²) in [6.45, 7) is 6.71. The maximum atomic E-state index is 12.9. The molecule has 1 unspecified atom stereocenters. The van der Waals surface area contributed by atoms with Gasteiger partial charge in [0.15, 0.2) is 6.10 Å². The molecule has 0 spiro atoms. The molecular formula is C69H130O6. The van der Waals surface area contributed by atoms with Crippen molar-refractivity contribution in [3.8, 4) is 0 Å². The van der Waals surface area contributed by atoms with E-state index in [1.54, 1.807) is 0 Å². The van der Waals surface area contributed by atoms with Crippen LogP contribution in [0.3, 0.4) is 0 Å². The normalized spacial score (nSPS) is 12.1. The summed E-state index contributed by atoms with van der Waals surface area (Å²) in [5.74, 6) is -0.833. The van der Waals surface area contributed by atoms with Crippen molar-refractivity contribution in [2.45, 2.75) is 386 Å². The van der Waals surface area contributed by atoms with E-state index in [-0.39, 0.29) is 31.1 Å². The highest BCUT2D eigenvalue weighted by atomic mass is 16.6. The van der Waals surface area contributed by atoms with Crippen molar-refractivity contribution in [3.63, 3.8) is 0 Å². The van der Waals surface area contributed by atoms with Gasteiger partial charge in [-0.3, -0.25) is 14.4 Å². The third-order valence-electron chi connectivity index (χ3n) is 15.5. The summed E-state index contributed by atoms with van der Waals surface area (Å²) in [6, 6.07) is 0. The molecule has 0 saturated heterocycles. The molecular weight excluding hydrogens is 925 g/mol. The van der Waals surface area contributed by atoms with Crippen LogP contribution in [0.1, 0.15) is 380 Å². The molecule has 442 valence electrons. The lowest BCUT2D eigenvalue weighted by Gasteiger charge is -2.18. The predicted molar refractivity (Wildman–Crippen MR) is 326 cm³/mol. The number of carbonyl (C=O) groups is 3. The van der Waals surface area contributed by atoms with E-state index in [9.17, 15) is 14.4 Å². The summed E-state index contributed by atoms with van der Waals surface area (Å²) < 4.78 is 17.0. The van der Waals surface area contributed by atoms with Gasteiger partial charge in [-0.05, 0) is 51.4 Å². The molecule has 0 aromatic rings. The molecule has 0 saturated carbocycles. The van der Waals surface area contributed by atoms with E-state index >= 15 is 0 Å². The van der Waals surface area contributed by atoms with Crippen molar-refractivity contribution in [2.24, 2.45) is 0 Å². The van der Waals surface area contributed by atoms with Crippen LogP contribution in [0, 0.1) is 0 Å². The van der Waals surface area contributed by atoms with Gasteiger partial charge in [0.2, 0.25) is 0 Å². The monoisotopic (exact) mass is 1050 g/mol. The first-order valence-corrected chi connectivity index (χ1v) is 33.8. The first kappa shape index (κ1) is 72.9. The molecule has 0 N–H and O–H groups in total. The fourth-order valence-electron chi connectivity index (χ4n) is 10.4. The van der Waals surface area contributed by atoms with Gasteiger partial charge in [0, 0.05) is 19.3 Å². The van der Waals surface area contributed by atoms with Crippen LogP contribution < -0.4 is 0 Å². The molecule has 1 atom stereocenters. The predicted octanol–water partition coefficient (Wildman–Crippen LogP) is 23.0. The second-order valence-corrected chi connectivity index (χ2v) is 23.1. The average Bonchev–Trinajstić information content (AvgIpc) is 3.41. The zero-order chi connectivity index (χ0) is 54.3. The Kier molecular flexibility index (Phi) is 62.6. The molecule has 0 aliphatic carbocycles. The summed E-state index contributed by atoms with van der Waals surface area (Å²) in [5, 5.41) is 0. The smallest absolute Gasteiger partial charge is 0.306 e. The number of allylic oxidation sites excluding steroid dienone is 4. The molecule has 0 fully saturated rings. The van der Waals surface area contributed by atoms with Crippen molar-refractivity contribution in [1.82, 2.24) is 0 Å². The van der Waals surface area contributed by atoms with Crippen molar-refractivity contribution < 1.29 is 28.6 Å². The minimum absolute atomic E-state index is 0.0642. The standard InChI is InChI=1S/C69H130O6/c1-4-7-10-13-16-19-22-25-28-31-32-33-34-35-36-37-38-39-42-44-47-50-53-56-59-62-68(71)74-65-66(75-69(72)63-60-57-54-51-48-45-41-30-27-24-21-18-15-12-9-6-3)64-73-67(70)61-58-55-52-49-46-43-40-29-26-23-20-17-14-11-8-5-2/h22,25,31-32,66H,4-21,23-24,26-30,33-65H2,1-3H3/b25-22-,32-31-. The number of hydrogen-bond donors (Lipinski definition) is 0. The SMILES string of the molecule is CCCCCCC/C=C\C/C=C\CCCCCCCCCCCCCCCC(=O)OCC(COC(=O)CCCCCCCCCCCCCCCCCC)OC(=O)CCCCCCCCCCCCCCCCCC. The third kappa shape index (κ3) is 62.6. The molecule has 0 rings (SSSR count). The van der Waals surface area contributed by atoms with E-state index in [2.05, 4.69) is 45.1 Å². The van der Waals surface area contributed by atoms with Gasteiger partial charge in [0.25, 0.3) is 0 Å². The van der Waals surface area contributed by atoms with Crippen molar-refractivity contribution in [1.29, 1.82) is 0 Å². The first-order chi connectivity index (χ1) is 37.0. The maximum absolute atomic E-state index is 12.9. The molecule has 0 radical (unpaired) electrons. The highest BCUT2D eigenvalue weighted by molar-refractivity contribution is 5.71. The summed E-state index contributed by atoms with van der Waals surface area (Å²) in [6.07, 6.45) is 77.6. The molecule has 0 heterocycles. The summed E-state index contributed by atoms with van der Waals surface area (Å²) >= 11 is 0. The average molecular weight is 1060 g/mol. The second kappa shape index (κ2) is 64.4. The van der Waals surface area contributed by atoms with Gasteiger partial charge >= 0.3 is 17.9 Å². The number of unbranched alkanes of at least 4 members (excludes halogenated alkanes) is 48. The Morgan fingerprint density at radius 1 is 0.267 bits per heavy atom. The van der Waals surface area contributed by atoms with Crippen LogP contribution in [0.2, 0.25) is 0 Å². The highest BCUT2D eigenvalue weighted by Gasteiger charge is 2.19. The zero-order valence-corrected chi connectivity index (χ0v) is 50.8. The topological polar surface area (TPSA) is 78.9 Å². The molecule has 0 aliphatic heterocycles. The molecule has 6 nitrogen and oxygen atoms in total. The van der Waals surface area contributed by atoms with Gasteiger partial charge in [-0.2, -0.15) is 0 Å². The number of carbonyl (C=O) groups excluding carboxylic acids is 3. The summed E-state index contributed by atoms with van der Waals surface area (Å²) in [7, 11) is 0. The summed E-state index contributed by atoms with van der Waals surface area (Å²) in [4.78, 5) is 38.4. The van der Waals surface area contributed by atoms with Crippen molar-refractivity contribution >= 4 is 17.9 Å². The van der Waals surface area contributed by atoms with Gasteiger partial charge < -0.3 is 14.2 Å². The molecule has 0 aliphatic rings. The van der Waals surface area contributed by atoms with Gasteiger partial charge in [-0.25, -0.2) is 0 Å². The fourth-order valence-corrected chi connectivity index (χ4v) is 10.4. The molecule has 0 bridgehead atoms. The van der Waals surface area contributed by atoms with Gasteiger partial charge in [-0.1, -0.05) is 334 Å². The maximum Gasteiger partial charge on any atom is 0.306 e. The highest BCUT2D eigenvalue weighted by Crippen LogP contribution is 2.18. The molecule has 0 aromatic heterocycles. The van der Waals surface area contributed by atoms with Gasteiger partial charge in [-0.15, -0.1) is 0 Å². The lowest BCUT2D eigenvalue weighted by molar-refractivity contribution is -0.167. The molecule has 75 heavy (non-hydrogen) atoms. The first-order valence-electron chi connectivity index (χ1n) is 33.8. The number of esters is 3. The molecule has 0 aromatic carbocycles. The Bertz CT molecular complexity index is 1210. The number of ether oxygens (including phenoxy) is 3. The Morgan fingerprint density at radius 3 is 0.733 bits per heavy atom. The van der Waals surface area contributed by atoms with Crippen LogP contribution in [0.4, 0.5) is 0 Å². The van der Waals surface area contributed by atoms with E-state index in [4.69, 9.17) is 14.2 Å². The minimum atomic E-state index is -0.767. The van der Waals surface area contributed by atoms with Crippen molar-refractivity contribution in [2.75, 3.05) is 13.2 Å². The zero-order valence-electron chi connectivity index (χ0n) is 50.8. The van der Waals surface area contributed by atoms with E-state index in [0.717, 1.165) is 64.2 Å². The largest absolute Gasteiger partial charge is 0.462 e. The van der Waals surface area contributed by atoms with E-state index < -0.39 is 6.10 Å².